The highest BCUT2D eigenvalue weighted by molar-refractivity contribution is 5.87. The molecule has 0 spiro atoms. The molecule has 0 aliphatic carbocycles. The molecule has 0 unspecified atom stereocenters. The molecular formula is C16H18F3NO4. The van der Waals surface area contributed by atoms with Crippen LogP contribution in [-0.4, -0.2) is 37.7 Å². The van der Waals surface area contributed by atoms with Gasteiger partial charge in [0, 0.05) is 13.0 Å². The molecule has 1 N–H and O–H groups in total. The predicted octanol–water partition coefficient (Wildman–Crippen LogP) is 2.08. The molecule has 0 radical (unpaired) electrons. The minimum Gasteiger partial charge on any atom is -0.467 e. The Morgan fingerprint density at radius 1 is 1.33 bits per heavy atom. The first-order chi connectivity index (χ1) is 11.3. The van der Waals surface area contributed by atoms with Gasteiger partial charge in [-0.1, -0.05) is 12.1 Å². The van der Waals surface area contributed by atoms with Crippen molar-refractivity contribution in [2.75, 3.05) is 13.7 Å². The first kappa shape index (κ1) is 18.3. The third kappa shape index (κ3) is 4.70. The summed E-state index contributed by atoms with van der Waals surface area (Å²) >= 11 is 0. The third-order valence-corrected chi connectivity index (χ3v) is 3.75. The summed E-state index contributed by atoms with van der Waals surface area (Å²) in [5.74, 6) is -1.09. The number of hydrogen-bond acceptors (Lipinski definition) is 4. The van der Waals surface area contributed by atoms with Gasteiger partial charge in [0.15, 0.2) is 0 Å². The van der Waals surface area contributed by atoms with Crippen LogP contribution < -0.4 is 5.32 Å². The fourth-order valence-corrected chi connectivity index (χ4v) is 2.45. The van der Waals surface area contributed by atoms with E-state index in [0.717, 1.165) is 18.6 Å². The van der Waals surface area contributed by atoms with Gasteiger partial charge in [0.1, 0.15) is 12.1 Å². The lowest BCUT2D eigenvalue weighted by atomic mass is 10.0. The molecule has 132 valence electrons. The van der Waals surface area contributed by atoms with Crippen LogP contribution in [0.3, 0.4) is 0 Å². The van der Waals surface area contributed by atoms with Crippen molar-refractivity contribution >= 4 is 11.9 Å². The first-order valence-electron chi connectivity index (χ1n) is 7.47. The van der Waals surface area contributed by atoms with Crippen molar-refractivity contribution in [2.24, 2.45) is 0 Å². The Morgan fingerprint density at radius 2 is 2.00 bits per heavy atom. The van der Waals surface area contributed by atoms with Crippen LogP contribution in [-0.2, 0) is 31.7 Å². The van der Waals surface area contributed by atoms with Crippen molar-refractivity contribution < 1.29 is 32.2 Å². The van der Waals surface area contributed by atoms with Gasteiger partial charge in [-0.2, -0.15) is 13.2 Å². The number of methoxy groups -OCH3 is 1. The zero-order chi connectivity index (χ0) is 17.7. The fraction of sp³-hybridized carbons (Fsp3) is 0.500. The first-order valence-corrected chi connectivity index (χ1v) is 7.47. The van der Waals surface area contributed by atoms with Gasteiger partial charge in [-0.05, 0) is 30.5 Å². The van der Waals surface area contributed by atoms with E-state index >= 15 is 0 Å². The van der Waals surface area contributed by atoms with E-state index in [1.54, 1.807) is 0 Å². The Morgan fingerprint density at radius 3 is 2.50 bits per heavy atom. The average Bonchev–Trinajstić information content (AvgIpc) is 3.07. The van der Waals surface area contributed by atoms with E-state index in [1.807, 2.05) is 0 Å². The Kier molecular flexibility index (Phi) is 5.82. The van der Waals surface area contributed by atoms with Crippen LogP contribution in [0.5, 0.6) is 0 Å². The van der Waals surface area contributed by atoms with Gasteiger partial charge in [0.2, 0.25) is 5.91 Å². The Bertz CT molecular complexity index is 580. The summed E-state index contributed by atoms with van der Waals surface area (Å²) in [6, 6.07) is 3.44. The number of halogens is 3. The smallest absolute Gasteiger partial charge is 0.416 e. The highest BCUT2D eigenvalue weighted by Gasteiger charge is 2.31. The van der Waals surface area contributed by atoms with Crippen LogP contribution in [0.4, 0.5) is 13.2 Å². The van der Waals surface area contributed by atoms with E-state index in [-0.39, 0.29) is 6.42 Å². The number of amides is 1. The molecule has 2 rings (SSSR count). The van der Waals surface area contributed by atoms with Crippen molar-refractivity contribution in [2.45, 2.75) is 37.6 Å². The topological polar surface area (TPSA) is 64.6 Å². The molecule has 8 heteroatoms. The van der Waals surface area contributed by atoms with Crippen LogP contribution in [0.15, 0.2) is 24.3 Å². The van der Waals surface area contributed by atoms with E-state index in [4.69, 9.17) is 4.74 Å². The molecule has 1 aromatic carbocycles. The molecule has 1 aromatic rings. The summed E-state index contributed by atoms with van der Waals surface area (Å²) in [5.41, 5.74) is -0.296. The second-order valence-corrected chi connectivity index (χ2v) is 5.48. The predicted molar refractivity (Wildman–Crippen MR) is 78.1 cm³/mol. The number of carbonyl (C=O) groups excluding carboxylic acids is 2. The zero-order valence-electron chi connectivity index (χ0n) is 13.1. The second-order valence-electron chi connectivity index (χ2n) is 5.48. The molecule has 1 amide bonds. The van der Waals surface area contributed by atoms with Crippen molar-refractivity contribution in [3.8, 4) is 0 Å². The Labute approximate surface area is 137 Å². The van der Waals surface area contributed by atoms with Gasteiger partial charge in [-0.3, -0.25) is 4.79 Å². The largest absolute Gasteiger partial charge is 0.467 e. The standard InChI is InChI=1S/C16H18F3NO4/c1-23-15(22)12(20-14(21)13-3-2-8-24-13)9-10-4-6-11(7-5-10)16(17,18)19/h4-7,12-13H,2-3,8-9H2,1H3,(H,20,21)/t12-,13-/m0/s1. The SMILES string of the molecule is COC(=O)[C@H](Cc1ccc(C(F)(F)F)cc1)NC(=O)[C@@H]1CCCO1. The monoisotopic (exact) mass is 345 g/mol. The van der Waals surface area contributed by atoms with Crippen molar-refractivity contribution in [3.63, 3.8) is 0 Å². The molecule has 5 nitrogen and oxygen atoms in total. The number of hydrogen-bond donors (Lipinski definition) is 1. The maximum absolute atomic E-state index is 12.6. The molecule has 1 aliphatic rings. The lowest BCUT2D eigenvalue weighted by Crippen LogP contribution is -2.47. The van der Waals surface area contributed by atoms with Gasteiger partial charge in [0.25, 0.3) is 0 Å². The summed E-state index contributed by atoms with van der Waals surface area (Å²) in [6.07, 6.45) is -3.66. The lowest BCUT2D eigenvalue weighted by molar-refractivity contribution is -0.146. The van der Waals surface area contributed by atoms with Gasteiger partial charge in [-0.25, -0.2) is 4.79 Å². The molecule has 0 saturated carbocycles. The molecule has 1 aliphatic heterocycles. The summed E-state index contributed by atoms with van der Waals surface area (Å²) in [5, 5.41) is 2.54. The molecule has 0 bridgehead atoms. The zero-order valence-corrected chi connectivity index (χ0v) is 13.1. The maximum atomic E-state index is 12.6. The van der Waals surface area contributed by atoms with Crippen LogP contribution in [0, 0.1) is 0 Å². The van der Waals surface area contributed by atoms with Gasteiger partial charge in [0.05, 0.1) is 12.7 Å². The molecule has 1 fully saturated rings. The van der Waals surface area contributed by atoms with E-state index in [2.05, 4.69) is 10.1 Å². The molecule has 2 atom stereocenters. The number of benzene rings is 1. The lowest BCUT2D eigenvalue weighted by Gasteiger charge is -2.19. The van der Waals surface area contributed by atoms with Crippen molar-refractivity contribution in [3.05, 3.63) is 35.4 Å². The Balaban J connectivity index is 2.05. The number of esters is 1. The number of alkyl halides is 3. The number of ether oxygens (including phenoxy) is 2. The maximum Gasteiger partial charge on any atom is 0.416 e. The Hall–Kier alpha value is -2.09. The third-order valence-electron chi connectivity index (χ3n) is 3.75. The van der Waals surface area contributed by atoms with Crippen LogP contribution in [0.1, 0.15) is 24.0 Å². The van der Waals surface area contributed by atoms with E-state index in [9.17, 15) is 22.8 Å². The summed E-state index contributed by atoms with van der Waals surface area (Å²) in [6.45, 7) is 0.486. The molecule has 1 saturated heterocycles. The van der Waals surface area contributed by atoms with E-state index in [1.165, 1.54) is 19.2 Å². The summed E-state index contributed by atoms with van der Waals surface area (Å²) < 4.78 is 47.6. The van der Waals surface area contributed by atoms with Gasteiger partial charge < -0.3 is 14.8 Å². The molecule has 24 heavy (non-hydrogen) atoms. The minimum atomic E-state index is -4.42. The quantitative estimate of drug-likeness (QED) is 0.830. The molecule has 0 aromatic heterocycles. The minimum absolute atomic E-state index is 0.0310. The second kappa shape index (κ2) is 7.65. The van der Waals surface area contributed by atoms with E-state index in [0.29, 0.717) is 18.6 Å². The fourth-order valence-electron chi connectivity index (χ4n) is 2.45. The van der Waals surface area contributed by atoms with E-state index < -0.39 is 35.8 Å². The average molecular weight is 345 g/mol. The molecule has 1 heterocycles. The van der Waals surface area contributed by atoms with Gasteiger partial charge in [-0.15, -0.1) is 0 Å². The number of carbonyl (C=O) groups is 2. The van der Waals surface area contributed by atoms with Crippen molar-refractivity contribution in [1.82, 2.24) is 5.32 Å². The molecular weight excluding hydrogens is 327 g/mol. The van der Waals surface area contributed by atoms with Gasteiger partial charge >= 0.3 is 12.1 Å². The number of nitrogens with one attached hydrogen (secondary N) is 1. The normalized spacial score (nSPS) is 18.9. The summed E-state index contributed by atoms with van der Waals surface area (Å²) in [4.78, 5) is 23.9. The highest BCUT2D eigenvalue weighted by atomic mass is 19.4. The summed E-state index contributed by atoms with van der Waals surface area (Å²) in [7, 11) is 1.18. The number of rotatable bonds is 5. The van der Waals surface area contributed by atoms with Crippen LogP contribution in [0.2, 0.25) is 0 Å². The highest BCUT2D eigenvalue weighted by Crippen LogP contribution is 2.29. The van der Waals surface area contributed by atoms with Crippen LogP contribution in [0.25, 0.3) is 0 Å². The van der Waals surface area contributed by atoms with Crippen LogP contribution >= 0.6 is 0 Å². The van der Waals surface area contributed by atoms with Crippen molar-refractivity contribution in [1.29, 1.82) is 0 Å².